The average Bonchev–Trinajstić information content (AvgIpc) is 2.10. The number of rotatable bonds is 1. The third-order valence-corrected chi connectivity index (χ3v) is 2.98. The first-order valence-corrected chi connectivity index (χ1v) is 5.74. The van der Waals surface area contributed by atoms with Crippen LogP contribution >= 0.6 is 27.5 Å². The fourth-order valence-corrected chi connectivity index (χ4v) is 2.40. The summed E-state index contributed by atoms with van der Waals surface area (Å²) >= 11 is 9.17. The molecule has 1 saturated heterocycles. The molecule has 1 aliphatic heterocycles. The number of hydrogen-bond acceptors (Lipinski definition) is 2. The minimum atomic E-state index is -0.0140. The number of amides is 1. The number of nitrogens with two attached hydrogens (primary N) is 1. The van der Waals surface area contributed by atoms with Crippen molar-refractivity contribution in [1.82, 2.24) is 4.90 Å². The van der Waals surface area contributed by atoms with Crippen LogP contribution in [0.4, 0.5) is 0 Å². The van der Waals surface area contributed by atoms with Crippen LogP contribution in [-0.2, 0) is 0 Å². The Morgan fingerprint density at radius 3 is 2.67 bits per heavy atom. The largest absolute Gasteiger partial charge is 0.335 e. The molecule has 1 amide bonds. The number of carbonyl (C=O) groups is 1. The van der Waals surface area contributed by atoms with Gasteiger partial charge in [0.05, 0.1) is 0 Å². The highest BCUT2D eigenvalue weighted by Crippen LogP contribution is 2.21. The zero-order valence-electron chi connectivity index (χ0n) is 7.91. The number of halogens is 2. The van der Waals surface area contributed by atoms with Gasteiger partial charge in [0.25, 0.3) is 5.91 Å². The van der Waals surface area contributed by atoms with Gasteiger partial charge in [-0.05, 0) is 18.2 Å². The molecule has 2 N–H and O–H groups in total. The molecule has 0 saturated carbocycles. The predicted octanol–water partition coefficient (Wildman–Crippen LogP) is 1.89. The molecule has 15 heavy (non-hydrogen) atoms. The summed E-state index contributed by atoms with van der Waals surface area (Å²) in [6.07, 6.45) is 0. The van der Waals surface area contributed by atoms with Gasteiger partial charge < -0.3 is 10.6 Å². The first kappa shape index (κ1) is 10.9. The molecule has 1 heterocycles. The molecule has 0 aliphatic carbocycles. The summed E-state index contributed by atoms with van der Waals surface area (Å²) in [5, 5.41) is 0.553. The third kappa shape index (κ3) is 2.33. The number of hydrogen-bond donors (Lipinski definition) is 1. The lowest BCUT2D eigenvalue weighted by Gasteiger charge is -2.36. The van der Waals surface area contributed by atoms with E-state index in [1.165, 1.54) is 0 Å². The van der Waals surface area contributed by atoms with Crippen molar-refractivity contribution >= 4 is 33.4 Å². The molecule has 0 bridgehead atoms. The molecular weight excluding hydrogens is 279 g/mol. The van der Waals surface area contributed by atoms with E-state index in [9.17, 15) is 4.79 Å². The van der Waals surface area contributed by atoms with Crippen molar-refractivity contribution in [2.24, 2.45) is 5.73 Å². The van der Waals surface area contributed by atoms with Crippen molar-refractivity contribution in [1.29, 1.82) is 0 Å². The minimum absolute atomic E-state index is 0.0140. The quantitative estimate of drug-likeness (QED) is 0.858. The summed E-state index contributed by atoms with van der Waals surface area (Å²) in [5.74, 6) is -0.0140. The van der Waals surface area contributed by atoms with E-state index >= 15 is 0 Å². The zero-order chi connectivity index (χ0) is 11.0. The zero-order valence-corrected chi connectivity index (χ0v) is 10.3. The molecule has 1 aromatic carbocycles. The van der Waals surface area contributed by atoms with Gasteiger partial charge >= 0.3 is 0 Å². The molecule has 0 atom stereocenters. The Bertz CT molecular complexity index is 384. The molecule has 1 aliphatic rings. The Hall–Kier alpha value is -0.580. The maximum absolute atomic E-state index is 11.9. The van der Waals surface area contributed by atoms with Crippen LogP contribution in [0.3, 0.4) is 0 Å². The number of benzene rings is 1. The summed E-state index contributed by atoms with van der Waals surface area (Å²) in [4.78, 5) is 13.6. The van der Waals surface area contributed by atoms with Gasteiger partial charge in [-0.1, -0.05) is 27.5 Å². The minimum Gasteiger partial charge on any atom is -0.335 e. The van der Waals surface area contributed by atoms with Gasteiger partial charge in [0.2, 0.25) is 0 Å². The van der Waals surface area contributed by atoms with Crippen molar-refractivity contribution in [3.05, 3.63) is 33.3 Å². The van der Waals surface area contributed by atoms with Crippen LogP contribution in [-0.4, -0.2) is 29.9 Å². The third-order valence-electron chi connectivity index (χ3n) is 2.31. The molecule has 0 radical (unpaired) electrons. The Labute approximate surface area is 101 Å². The summed E-state index contributed by atoms with van der Waals surface area (Å²) in [5.41, 5.74) is 6.21. The van der Waals surface area contributed by atoms with Crippen molar-refractivity contribution in [3.63, 3.8) is 0 Å². The smallest absolute Gasteiger partial charge is 0.254 e. The SMILES string of the molecule is NC1CN(C(=O)c2cc(Cl)cc(Br)c2)C1. The lowest BCUT2D eigenvalue weighted by molar-refractivity contribution is 0.0608. The second-order valence-electron chi connectivity index (χ2n) is 3.63. The van der Waals surface area contributed by atoms with Gasteiger partial charge in [0.15, 0.2) is 0 Å². The Morgan fingerprint density at radius 1 is 1.47 bits per heavy atom. The van der Waals surface area contributed by atoms with E-state index in [0.29, 0.717) is 23.7 Å². The van der Waals surface area contributed by atoms with E-state index in [1.807, 2.05) is 0 Å². The summed E-state index contributed by atoms with van der Waals surface area (Å²) in [6, 6.07) is 5.30. The summed E-state index contributed by atoms with van der Waals surface area (Å²) in [6.45, 7) is 1.26. The summed E-state index contributed by atoms with van der Waals surface area (Å²) < 4.78 is 0.808. The van der Waals surface area contributed by atoms with Gasteiger partial charge in [-0.3, -0.25) is 4.79 Å². The van der Waals surface area contributed by atoms with Crippen LogP contribution in [0.25, 0.3) is 0 Å². The molecule has 0 spiro atoms. The van der Waals surface area contributed by atoms with Crippen molar-refractivity contribution < 1.29 is 4.79 Å². The van der Waals surface area contributed by atoms with Crippen LogP contribution in [0.1, 0.15) is 10.4 Å². The Balaban J connectivity index is 2.18. The monoisotopic (exact) mass is 288 g/mol. The van der Waals surface area contributed by atoms with E-state index in [0.717, 1.165) is 4.47 Å². The van der Waals surface area contributed by atoms with Crippen LogP contribution in [0.15, 0.2) is 22.7 Å². The van der Waals surface area contributed by atoms with Gasteiger partial charge in [0.1, 0.15) is 0 Å². The molecule has 1 aromatic rings. The maximum atomic E-state index is 11.9. The number of nitrogens with zero attached hydrogens (tertiary/aromatic N) is 1. The highest BCUT2D eigenvalue weighted by Gasteiger charge is 2.28. The van der Waals surface area contributed by atoms with Gasteiger partial charge in [-0.15, -0.1) is 0 Å². The van der Waals surface area contributed by atoms with E-state index in [2.05, 4.69) is 15.9 Å². The van der Waals surface area contributed by atoms with Crippen LogP contribution in [0, 0.1) is 0 Å². The molecule has 1 fully saturated rings. The Kier molecular flexibility index (Phi) is 3.00. The van der Waals surface area contributed by atoms with E-state index in [-0.39, 0.29) is 11.9 Å². The second kappa shape index (κ2) is 4.12. The van der Waals surface area contributed by atoms with Crippen LogP contribution in [0.5, 0.6) is 0 Å². The Morgan fingerprint density at radius 2 is 2.13 bits per heavy atom. The van der Waals surface area contributed by atoms with Gasteiger partial charge in [-0.2, -0.15) is 0 Å². The molecule has 80 valence electrons. The normalized spacial score (nSPS) is 16.3. The van der Waals surface area contributed by atoms with Crippen molar-refractivity contribution in [2.75, 3.05) is 13.1 Å². The molecule has 3 nitrogen and oxygen atoms in total. The second-order valence-corrected chi connectivity index (χ2v) is 4.98. The maximum Gasteiger partial charge on any atom is 0.254 e. The van der Waals surface area contributed by atoms with Crippen molar-refractivity contribution in [3.8, 4) is 0 Å². The van der Waals surface area contributed by atoms with E-state index < -0.39 is 0 Å². The molecule has 0 unspecified atom stereocenters. The highest BCUT2D eigenvalue weighted by atomic mass is 79.9. The standard InChI is InChI=1S/C10H10BrClN2O/c11-7-1-6(2-8(12)3-7)10(15)14-4-9(13)5-14/h1-3,9H,4-5,13H2. The van der Waals surface area contributed by atoms with Gasteiger partial charge in [0, 0.05) is 34.2 Å². The summed E-state index contributed by atoms with van der Waals surface area (Å²) in [7, 11) is 0. The van der Waals surface area contributed by atoms with E-state index in [4.69, 9.17) is 17.3 Å². The predicted molar refractivity (Wildman–Crippen MR) is 63.0 cm³/mol. The fourth-order valence-electron chi connectivity index (χ4n) is 1.54. The molecular formula is C10H10BrClN2O. The van der Waals surface area contributed by atoms with Gasteiger partial charge in [-0.25, -0.2) is 0 Å². The van der Waals surface area contributed by atoms with Crippen LogP contribution < -0.4 is 5.73 Å². The lowest BCUT2D eigenvalue weighted by Crippen LogP contribution is -2.57. The fraction of sp³-hybridized carbons (Fsp3) is 0.300. The number of carbonyl (C=O) groups excluding carboxylic acids is 1. The first-order valence-electron chi connectivity index (χ1n) is 4.57. The van der Waals surface area contributed by atoms with Crippen LogP contribution in [0.2, 0.25) is 5.02 Å². The highest BCUT2D eigenvalue weighted by molar-refractivity contribution is 9.10. The average molecular weight is 290 g/mol. The number of likely N-dealkylation sites (tertiary alicyclic amines) is 1. The molecule has 2 rings (SSSR count). The molecule has 5 heteroatoms. The topological polar surface area (TPSA) is 46.3 Å². The first-order chi connectivity index (χ1) is 7.06. The van der Waals surface area contributed by atoms with Crippen molar-refractivity contribution in [2.45, 2.75) is 6.04 Å². The lowest BCUT2D eigenvalue weighted by atomic mass is 10.1. The molecule has 0 aromatic heterocycles. The van der Waals surface area contributed by atoms with E-state index in [1.54, 1.807) is 23.1 Å².